The summed E-state index contributed by atoms with van der Waals surface area (Å²) in [5.74, 6) is 0. The summed E-state index contributed by atoms with van der Waals surface area (Å²) in [6, 6.07) is 1.14. The zero-order valence-corrected chi connectivity index (χ0v) is 9.40. The lowest BCUT2D eigenvalue weighted by Gasteiger charge is -2.28. The van der Waals surface area contributed by atoms with E-state index in [2.05, 4.69) is 17.6 Å². The van der Waals surface area contributed by atoms with Crippen LogP contribution in [-0.4, -0.2) is 29.9 Å². The average Bonchev–Trinajstić information content (AvgIpc) is 2.87. The van der Waals surface area contributed by atoms with Crippen molar-refractivity contribution in [3.63, 3.8) is 0 Å². The molecule has 1 saturated carbocycles. The van der Waals surface area contributed by atoms with Crippen LogP contribution in [0.1, 0.15) is 32.6 Å². The third-order valence-electron chi connectivity index (χ3n) is 2.73. The van der Waals surface area contributed by atoms with E-state index in [9.17, 15) is 0 Å². The Balaban J connectivity index is 1.69. The fraction of sp³-hybridized carbons (Fsp3) is 0.900. The van der Waals surface area contributed by atoms with Crippen LogP contribution in [0.3, 0.4) is 0 Å². The first-order chi connectivity index (χ1) is 6.74. The van der Waals surface area contributed by atoms with Gasteiger partial charge >= 0.3 is 0 Å². The van der Waals surface area contributed by atoms with E-state index in [-0.39, 0.29) is 0 Å². The zero-order valence-electron chi connectivity index (χ0n) is 8.58. The van der Waals surface area contributed by atoms with Gasteiger partial charge in [0, 0.05) is 18.7 Å². The number of hydrogen-bond donors (Lipinski definition) is 2. The van der Waals surface area contributed by atoms with Crippen LogP contribution in [0.15, 0.2) is 0 Å². The lowest BCUT2D eigenvalue weighted by Crippen LogP contribution is -2.46. The van der Waals surface area contributed by atoms with Crippen LogP contribution in [0.5, 0.6) is 0 Å². The van der Waals surface area contributed by atoms with Crippen LogP contribution in [0.2, 0.25) is 0 Å². The van der Waals surface area contributed by atoms with Gasteiger partial charge in [-0.05, 0) is 44.8 Å². The summed E-state index contributed by atoms with van der Waals surface area (Å²) in [6.07, 6.45) is 5.03. The van der Waals surface area contributed by atoms with Crippen molar-refractivity contribution < 1.29 is 4.74 Å². The molecule has 2 aliphatic rings. The number of hydrogen-bond acceptors (Lipinski definition) is 2. The minimum Gasteiger partial charge on any atom is -0.378 e. The van der Waals surface area contributed by atoms with E-state index in [1.165, 1.54) is 12.8 Å². The smallest absolute Gasteiger partial charge is 0.166 e. The summed E-state index contributed by atoms with van der Waals surface area (Å²) in [6.45, 7) is 2.97. The molecule has 2 atom stereocenters. The van der Waals surface area contributed by atoms with Crippen molar-refractivity contribution in [1.29, 1.82) is 0 Å². The van der Waals surface area contributed by atoms with Gasteiger partial charge in [-0.3, -0.25) is 0 Å². The van der Waals surface area contributed by atoms with E-state index in [4.69, 9.17) is 17.0 Å². The van der Waals surface area contributed by atoms with Gasteiger partial charge in [0.2, 0.25) is 0 Å². The molecule has 0 aromatic heterocycles. The van der Waals surface area contributed by atoms with Crippen molar-refractivity contribution >= 4 is 17.3 Å². The second kappa shape index (κ2) is 4.45. The predicted molar refractivity (Wildman–Crippen MR) is 60.3 cm³/mol. The number of ether oxygens (including phenoxy) is 1. The number of thiocarbonyl (C=S) groups is 1. The van der Waals surface area contributed by atoms with Gasteiger partial charge in [0.25, 0.3) is 0 Å². The first kappa shape index (κ1) is 10.2. The number of rotatable bonds is 2. The Bertz CT molecular complexity index is 218. The molecular weight excluding hydrogens is 196 g/mol. The Kier molecular flexibility index (Phi) is 3.23. The van der Waals surface area contributed by atoms with Gasteiger partial charge in [-0.1, -0.05) is 0 Å². The molecule has 0 spiro atoms. The van der Waals surface area contributed by atoms with Gasteiger partial charge in [0.05, 0.1) is 6.10 Å². The minimum atomic E-state index is 0.366. The van der Waals surface area contributed by atoms with E-state index >= 15 is 0 Å². The van der Waals surface area contributed by atoms with E-state index in [1.54, 1.807) is 0 Å². The Morgan fingerprint density at radius 1 is 1.21 bits per heavy atom. The highest BCUT2D eigenvalue weighted by Crippen LogP contribution is 2.18. The van der Waals surface area contributed by atoms with Crippen LogP contribution >= 0.6 is 12.2 Å². The molecular formula is C10H18N2OS. The maximum Gasteiger partial charge on any atom is 0.166 e. The van der Waals surface area contributed by atoms with Gasteiger partial charge in [0.15, 0.2) is 5.11 Å². The van der Waals surface area contributed by atoms with Crippen molar-refractivity contribution in [2.24, 2.45) is 0 Å². The van der Waals surface area contributed by atoms with Gasteiger partial charge in [-0.2, -0.15) is 0 Å². The summed E-state index contributed by atoms with van der Waals surface area (Å²) in [4.78, 5) is 0. The molecule has 2 rings (SSSR count). The number of nitrogens with one attached hydrogen (secondary N) is 2. The normalized spacial score (nSPS) is 32.4. The maximum absolute atomic E-state index is 5.48. The van der Waals surface area contributed by atoms with Crippen molar-refractivity contribution in [3.8, 4) is 0 Å². The zero-order chi connectivity index (χ0) is 9.97. The second-order valence-electron chi connectivity index (χ2n) is 4.29. The predicted octanol–water partition coefficient (Wildman–Crippen LogP) is 1.18. The molecule has 80 valence electrons. The SMILES string of the molecule is CC1CC(NC(=S)NC2CC2)CCO1. The summed E-state index contributed by atoms with van der Waals surface area (Å²) in [7, 11) is 0. The van der Waals surface area contributed by atoms with Crippen molar-refractivity contribution in [2.75, 3.05) is 6.61 Å². The molecule has 0 amide bonds. The first-order valence-electron chi connectivity index (χ1n) is 5.42. The van der Waals surface area contributed by atoms with Gasteiger partial charge in [-0.25, -0.2) is 0 Å². The van der Waals surface area contributed by atoms with Crippen molar-refractivity contribution in [2.45, 2.75) is 50.8 Å². The topological polar surface area (TPSA) is 33.3 Å². The fourth-order valence-electron chi connectivity index (χ4n) is 1.77. The average molecular weight is 214 g/mol. The highest BCUT2D eigenvalue weighted by Gasteiger charge is 2.24. The molecule has 1 aliphatic heterocycles. The third kappa shape index (κ3) is 3.10. The molecule has 4 heteroatoms. The quantitative estimate of drug-likeness (QED) is 0.676. The summed E-state index contributed by atoms with van der Waals surface area (Å²) >= 11 is 5.23. The monoisotopic (exact) mass is 214 g/mol. The van der Waals surface area contributed by atoms with Gasteiger partial charge in [-0.15, -0.1) is 0 Å². The highest BCUT2D eigenvalue weighted by atomic mass is 32.1. The second-order valence-corrected chi connectivity index (χ2v) is 4.70. The standard InChI is InChI=1S/C10H18N2OS/c1-7-6-9(4-5-13-7)12-10(14)11-8-2-3-8/h7-9H,2-6H2,1H3,(H2,11,12,14). The lowest BCUT2D eigenvalue weighted by molar-refractivity contribution is 0.0166. The van der Waals surface area contributed by atoms with Crippen LogP contribution in [0.25, 0.3) is 0 Å². The van der Waals surface area contributed by atoms with E-state index in [1.807, 2.05) is 0 Å². The molecule has 0 aromatic carbocycles. The molecule has 0 aromatic rings. The lowest BCUT2D eigenvalue weighted by atomic mass is 10.0. The molecule has 1 heterocycles. The summed E-state index contributed by atoms with van der Waals surface area (Å²) in [5.41, 5.74) is 0. The molecule has 1 aliphatic carbocycles. The largest absolute Gasteiger partial charge is 0.378 e. The highest BCUT2D eigenvalue weighted by molar-refractivity contribution is 7.80. The molecule has 14 heavy (non-hydrogen) atoms. The van der Waals surface area contributed by atoms with Crippen LogP contribution in [0.4, 0.5) is 0 Å². The summed E-state index contributed by atoms with van der Waals surface area (Å²) in [5, 5.41) is 7.48. The summed E-state index contributed by atoms with van der Waals surface area (Å²) < 4.78 is 5.48. The fourth-order valence-corrected chi connectivity index (χ4v) is 2.10. The van der Waals surface area contributed by atoms with E-state index in [0.29, 0.717) is 18.2 Å². The maximum atomic E-state index is 5.48. The Labute approximate surface area is 90.6 Å². The van der Waals surface area contributed by atoms with Crippen molar-refractivity contribution in [1.82, 2.24) is 10.6 Å². The van der Waals surface area contributed by atoms with E-state index in [0.717, 1.165) is 24.6 Å². The molecule has 0 radical (unpaired) electrons. The minimum absolute atomic E-state index is 0.366. The molecule has 3 nitrogen and oxygen atoms in total. The van der Waals surface area contributed by atoms with Gasteiger partial charge in [0.1, 0.15) is 0 Å². The van der Waals surface area contributed by atoms with Crippen LogP contribution in [0, 0.1) is 0 Å². The van der Waals surface area contributed by atoms with Crippen molar-refractivity contribution in [3.05, 3.63) is 0 Å². The Hall–Kier alpha value is -0.350. The Morgan fingerprint density at radius 3 is 2.57 bits per heavy atom. The van der Waals surface area contributed by atoms with Crippen LogP contribution < -0.4 is 10.6 Å². The molecule has 1 saturated heterocycles. The molecule has 0 bridgehead atoms. The molecule has 2 fully saturated rings. The first-order valence-corrected chi connectivity index (χ1v) is 5.83. The van der Waals surface area contributed by atoms with E-state index < -0.39 is 0 Å². The Morgan fingerprint density at radius 2 is 1.93 bits per heavy atom. The molecule has 2 N–H and O–H groups in total. The van der Waals surface area contributed by atoms with Gasteiger partial charge < -0.3 is 15.4 Å². The van der Waals surface area contributed by atoms with Crippen LogP contribution in [-0.2, 0) is 4.74 Å². The third-order valence-corrected chi connectivity index (χ3v) is 2.97. The molecule has 2 unspecified atom stereocenters.